The molecule has 74 valence electrons. The molecule has 14 heteroatoms. The third kappa shape index (κ3) is 313. The average Bonchev–Trinajstić information content (AvgIpc) is 1.54. The topological polar surface area (TPSA) is 190 Å². The average molecular weight is 673 g/mol. The van der Waals surface area contributed by atoms with Crippen LogP contribution in [0.2, 0.25) is 0 Å². The second-order valence-electron chi connectivity index (χ2n) is 0.750. The fourth-order valence-corrected chi connectivity index (χ4v) is 0. The molecule has 0 aliphatic carbocycles. The zero-order valence-corrected chi connectivity index (χ0v) is 18.3. The summed E-state index contributed by atoms with van der Waals surface area (Å²) in [6, 6.07) is 0. The molecule has 2 radical (unpaired) electrons. The summed E-state index contributed by atoms with van der Waals surface area (Å²) in [6.07, 6.45) is 0. The fraction of sp³-hybridized carbons (Fsp3) is 0. The molecule has 0 N–H and O–H groups in total. The first-order valence-corrected chi connectivity index (χ1v) is 7.57. The van der Waals surface area contributed by atoms with E-state index in [9.17, 15) is 0 Å². The third-order valence-electron chi connectivity index (χ3n) is 0. The van der Waals surface area contributed by atoms with E-state index in [1.54, 1.807) is 0 Å². The minimum absolute atomic E-state index is 0. The van der Waals surface area contributed by atoms with E-state index < -0.39 is 55.8 Å². The Morgan fingerprint density at radius 1 is 0.571 bits per heavy atom. The van der Waals surface area contributed by atoms with Gasteiger partial charge in [-0.25, -0.2) is 0 Å². The standard InChI is InChI=1S/Hf.9O.Pb.3Ti/q+4;;;;6*-1;+2;;;. The van der Waals surface area contributed by atoms with Gasteiger partial charge in [-0.3, -0.25) is 0 Å². The largest absolute Gasteiger partial charge is 2.00 e. The molecule has 0 heterocycles. The van der Waals surface area contributed by atoms with Crippen molar-refractivity contribution in [2.45, 2.75) is 0 Å². The Morgan fingerprint density at radius 2 is 0.571 bits per heavy atom. The van der Waals surface area contributed by atoms with Gasteiger partial charge in [0.1, 0.15) is 0 Å². The molecule has 0 saturated carbocycles. The smallest absolute Gasteiger partial charge is 2.00 e. The predicted octanol–water partition coefficient (Wildman–Crippen LogP) is -7.88. The van der Waals surface area contributed by atoms with Gasteiger partial charge >= 0.3 is 141 Å². The van der Waals surface area contributed by atoms with E-state index in [0.717, 1.165) is 0 Å². The van der Waals surface area contributed by atoms with Gasteiger partial charge in [0.15, 0.2) is 0 Å². The van der Waals surface area contributed by atoms with E-state index in [1.165, 1.54) is 0 Å². The summed E-state index contributed by atoms with van der Waals surface area (Å²) in [5, 5.41) is 0. The molecule has 0 atom stereocenters. The molecule has 0 rings (SSSR count). The van der Waals surface area contributed by atoms with E-state index in [2.05, 4.69) is 0 Å². The van der Waals surface area contributed by atoms with Crippen LogP contribution in [-0.4, -0.2) is 27.3 Å². The summed E-state index contributed by atoms with van der Waals surface area (Å²) in [5.74, 6) is 0. The van der Waals surface area contributed by atoms with Crippen LogP contribution in [0.4, 0.5) is 0 Å². The first kappa shape index (κ1) is 30.3. The first-order valence-electron chi connectivity index (χ1n) is 1.84. The Bertz CT molecular complexity index is 118. The molecule has 0 aromatic carbocycles. The molecule has 0 fully saturated rings. The van der Waals surface area contributed by atoms with Gasteiger partial charge in [0, 0.05) is 0 Å². The van der Waals surface area contributed by atoms with Gasteiger partial charge in [0.2, 0.25) is 0 Å². The molecule has 0 aromatic heterocycles. The predicted molar refractivity (Wildman–Crippen MR) is 7.81 cm³/mol. The summed E-state index contributed by atoms with van der Waals surface area (Å²) in [4.78, 5) is 0. The molecule has 0 saturated heterocycles. The molecule has 0 aliphatic heterocycles. The summed E-state index contributed by atoms with van der Waals surface area (Å²) in [6.45, 7) is 0. The van der Waals surface area contributed by atoms with Crippen LogP contribution in [0, 0.1) is 0 Å². The normalized spacial score (nSPS) is 5.57. The number of hydrogen-bond donors (Lipinski definition) is 0. The van der Waals surface area contributed by atoms with Crippen molar-refractivity contribution in [3.8, 4) is 0 Å². The number of rotatable bonds is 0. The second-order valence-corrected chi connectivity index (χ2v) is 3.09. The van der Waals surface area contributed by atoms with Crippen LogP contribution in [0.5, 0.6) is 0 Å². The van der Waals surface area contributed by atoms with Gasteiger partial charge in [-0.1, -0.05) is 0 Å². The monoisotopic (exact) mass is 676 g/mol. The Balaban J connectivity index is -0.0000000270. The van der Waals surface area contributed by atoms with Gasteiger partial charge in [0.25, 0.3) is 0 Å². The molecule has 0 aromatic rings. The van der Waals surface area contributed by atoms with Crippen LogP contribution in [0.15, 0.2) is 0 Å². The Kier molecular flexibility index (Phi) is 54.2. The maximum Gasteiger partial charge on any atom is 2.00 e. The van der Waals surface area contributed by atoms with Crippen LogP contribution in [0.1, 0.15) is 0 Å². The molecule has 9 nitrogen and oxygen atoms in total. The zero-order chi connectivity index (χ0) is 10.7. The van der Waals surface area contributed by atoms with Gasteiger partial charge in [-0.05, 0) is 0 Å². The van der Waals surface area contributed by atoms with Crippen molar-refractivity contribution >= 4 is 27.3 Å². The Hall–Kier alpha value is 3.10. The fourth-order valence-electron chi connectivity index (χ4n) is 0. The van der Waals surface area contributed by atoms with Crippen molar-refractivity contribution < 1.29 is 114 Å². The van der Waals surface area contributed by atoms with Crippen LogP contribution in [0.25, 0.3) is 0 Å². The first-order chi connectivity index (χ1) is 5.20. The quantitative estimate of drug-likeness (QED) is 0.225. The van der Waals surface area contributed by atoms with E-state index in [1.807, 2.05) is 0 Å². The minimum Gasteiger partial charge on any atom is 2.00 e. The zero-order valence-electron chi connectivity index (χ0n) is 6.17. The van der Waals surface area contributed by atoms with Crippen LogP contribution in [0.3, 0.4) is 0 Å². The minimum atomic E-state index is -4.08. The maximum absolute atomic E-state index is 8.58. The maximum atomic E-state index is 8.58. The van der Waals surface area contributed by atoms with E-state index >= 15 is 0 Å². The van der Waals surface area contributed by atoms with Crippen molar-refractivity contribution in [1.82, 2.24) is 0 Å². The number of hydrogen-bond acceptors (Lipinski definition) is 9. The second kappa shape index (κ2) is 25.1. The van der Waals surface area contributed by atoms with Crippen LogP contribution in [-0.2, 0) is 91.7 Å². The molecule has 0 spiro atoms. The Morgan fingerprint density at radius 3 is 0.571 bits per heavy atom. The van der Waals surface area contributed by atoms with Gasteiger partial charge in [-0.2, -0.15) is 0 Å². The van der Waals surface area contributed by atoms with Crippen molar-refractivity contribution in [2.24, 2.45) is 0 Å². The molecular formula is HfO9PbTi3. The van der Waals surface area contributed by atoms with E-state index in [-0.39, 0.29) is 53.1 Å². The van der Waals surface area contributed by atoms with Crippen molar-refractivity contribution in [3.63, 3.8) is 0 Å². The van der Waals surface area contributed by atoms with Gasteiger partial charge in [0.05, 0.1) is 0 Å². The molecular weight excluding hydrogens is 673 g/mol. The summed E-state index contributed by atoms with van der Waals surface area (Å²) in [7, 11) is 0. The molecule has 14 heavy (non-hydrogen) atoms. The van der Waals surface area contributed by atoms with Gasteiger partial charge in [-0.15, -0.1) is 0 Å². The van der Waals surface area contributed by atoms with Crippen LogP contribution < -0.4 is 22.1 Å². The Labute approximate surface area is 138 Å². The third-order valence-corrected chi connectivity index (χ3v) is 0. The summed E-state index contributed by atoms with van der Waals surface area (Å²) < 4.78 is 77.2. The van der Waals surface area contributed by atoms with Crippen molar-refractivity contribution in [2.75, 3.05) is 0 Å². The molecule has 0 bridgehead atoms. The molecule has 0 aliphatic rings. The molecule has 0 unspecified atom stereocenters. The van der Waals surface area contributed by atoms with Gasteiger partial charge < -0.3 is 0 Å². The summed E-state index contributed by atoms with van der Waals surface area (Å²) >= 11 is -12.2. The van der Waals surface area contributed by atoms with E-state index in [0.29, 0.717) is 0 Å². The SMILES string of the molecule is [Hf+4].[O]=[Ti]([O-])[O-].[O]=[Ti]([O-])[O-].[O]=[Ti]([O-])[O-].[Pb+2]. The molecule has 0 amide bonds. The van der Waals surface area contributed by atoms with Crippen molar-refractivity contribution in [1.29, 1.82) is 0 Å². The van der Waals surface area contributed by atoms with E-state index in [4.69, 9.17) is 32.1 Å². The van der Waals surface area contributed by atoms with Crippen LogP contribution >= 0.6 is 0 Å². The summed E-state index contributed by atoms with van der Waals surface area (Å²) in [5.41, 5.74) is 0. The van der Waals surface area contributed by atoms with Crippen molar-refractivity contribution in [3.05, 3.63) is 0 Å².